The minimum Gasteiger partial charge on any atom is -0.395 e. The van der Waals surface area contributed by atoms with Gasteiger partial charge >= 0.3 is 0 Å². The highest BCUT2D eigenvalue weighted by atomic mass is 32.1. The van der Waals surface area contributed by atoms with Crippen molar-refractivity contribution in [3.8, 4) is 10.7 Å². The summed E-state index contributed by atoms with van der Waals surface area (Å²) in [7, 11) is 1.69. The number of carbonyl (C=O) groups is 1. The van der Waals surface area contributed by atoms with Crippen LogP contribution in [0.15, 0.2) is 29.8 Å². The van der Waals surface area contributed by atoms with Gasteiger partial charge in [-0.2, -0.15) is 0 Å². The maximum atomic E-state index is 12.4. The summed E-state index contributed by atoms with van der Waals surface area (Å²) in [5, 5.41) is 9.00. The number of para-hydroxylation sites is 2. The lowest BCUT2D eigenvalue weighted by atomic mass is 10.3. The molecule has 7 heteroatoms. The topological polar surface area (TPSA) is 71.2 Å². The summed E-state index contributed by atoms with van der Waals surface area (Å²) in [6.45, 7) is 2.40. The van der Waals surface area contributed by atoms with Crippen LogP contribution in [-0.2, 0) is 11.3 Å². The summed E-state index contributed by atoms with van der Waals surface area (Å²) in [5.41, 5.74) is 4.46. The molecular weight excluding hydrogens is 312 g/mol. The lowest BCUT2D eigenvalue weighted by Gasteiger charge is -2.17. The molecule has 0 saturated carbocycles. The van der Waals surface area contributed by atoms with Gasteiger partial charge in [0.25, 0.3) is 0 Å². The first-order valence-electron chi connectivity index (χ1n) is 7.32. The van der Waals surface area contributed by atoms with Crippen molar-refractivity contribution in [1.82, 2.24) is 19.4 Å². The van der Waals surface area contributed by atoms with Gasteiger partial charge in [-0.3, -0.25) is 4.79 Å². The number of thiazole rings is 1. The molecule has 0 spiro atoms. The molecule has 1 N–H and O–H groups in total. The van der Waals surface area contributed by atoms with Gasteiger partial charge in [0.05, 0.1) is 33.7 Å². The molecule has 0 fully saturated rings. The fraction of sp³-hybridized carbons (Fsp3) is 0.312. The molecule has 23 heavy (non-hydrogen) atoms. The molecule has 0 aliphatic rings. The van der Waals surface area contributed by atoms with Crippen LogP contribution in [-0.4, -0.2) is 50.6 Å². The Kier molecular flexibility index (Phi) is 4.40. The number of aromatic nitrogens is 3. The predicted octanol–water partition coefficient (Wildman–Crippen LogP) is 1.92. The molecule has 0 aliphatic heterocycles. The number of hydrogen-bond donors (Lipinski definition) is 1. The first-order valence-corrected chi connectivity index (χ1v) is 8.20. The second-order valence-corrected chi connectivity index (χ2v) is 6.17. The van der Waals surface area contributed by atoms with Gasteiger partial charge in [0.2, 0.25) is 5.91 Å². The van der Waals surface area contributed by atoms with Gasteiger partial charge < -0.3 is 14.6 Å². The van der Waals surface area contributed by atoms with E-state index >= 15 is 0 Å². The van der Waals surface area contributed by atoms with E-state index in [1.807, 2.05) is 35.8 Å². The zero-order chi connectivity index (χ0) is 16.4. The number of benzene rings is 1. The molecule has 0 saturated heterocycles. The number of aliphatic hydroxyl groups excluding tert-OH is 1. The Morgan fingerprint density at radius 2 is 2.17 bits per heavy atom. The van der Waals surface area contributed by atoms with E-state index in [1.54, 1.807) is 12.6 Å². The summed E-state index contributed by atoms with van der Waals surface area (Å²) < 4.78 is 1.92. The number of nitrogens with zero attached hydrogens (tertiary/aromatic N) is 4. The van der Waals surface area contributed by atoms with Crippen LogP contribution >= 0.6 is 11.3 Å². The van der Waals surface area contributed by atoms with Crippen LogP contribution in [0.5, 0.6) is 0 Å². The average molecular weight is 330 g/mol. The van der Waals surface area contributed by atoms with Gasteiger partial charge in [-0.25, -0.2) is 9.97 Å². The van der Waals surface area contributed by atoms with Crippen molar-refractivity contribution in [2.24, 2.45) is 0 Å². The Morgan fingerprint density at radius 1 is 1.39 bits per heavy atom. The van der Waals surface area contributed by atoms with Gasteiger partial charge in [0.1, 0.15) is 6.54 Å². The first-order chi connectivity index (χ1) is 11.1. The Hall–Kier alpha value is -2.25. The summed E-state index contributed by atoms with van der Waals surface area (Å²) >= 11 is 1.52. The zero-order valence-electron chi connectivity index (χ0n) is 13.1. The van der Waals surface area contributed by atoms with Crippen molar-refractivity contribution in [3.63, 3.8) is 0 Å². The molecule has 6 nitrogen and oxygen atoms in total. The average Bonchev–Trinajstić information content (AvgIpc) is 3.11. The van der Waals surface area contributed by atoms with Gasteiger partial charge in [-0.15, -0.1) is 11.3 Å². The highest BCUT2D eigenvalue weighted by Crippen LogP contribution is 2.30. The summed E-state index contributed by atoms with van der Waals surface area (Å²) in [6, 6.07) is 7.77. The largest absolute Gasteiger partial charge is 0.395 e. The van der Waals surface area contributed by atoms with Crippen molar-refractivity contribution in [3.05, 3.63) is 35.5 Å². The van der Waals surface area contributed by atoms with E-state index in [0.717, 1.165) is 27.4 Å². The van der Waals surface area contributed by atoms with Crippen molar-refractivity contribution in [1.29, 1.82) is 0 Å². The van der Waals surface area contributed by atoms with E-state index in [0.29, 0.717) is 6.54 Å². The third kappa shape index (κ3) is 2.97. The molecule has 3 aromatic rings. The maximum absolute atomic E-state index is 12.4. The Labute approximate surface area is 138 Å². The molecule has 1 amide bonds. The quantitative estimate of drug-likeness (QED) is 0.776. The summed E-state index contributed by atoms with van der Waals surface area (Å²) in [5.74, 6) is 0.697. The number of hydrogen-bond acceptors (Lipinski definition) is 5. The second kappa shape index (κ2) is 6.47. The molecule has 2 aromatic heterocycles. The molecule has 3 rings (SSSR count). The third-order valence-electron chi connectivity index (χ3n) is 3.76. The van der Waals surface area contributed by atoms with E-state index in [4.69, 9.17) is 5.11 Å². The van der Waals surface area contributed by atoms with Crippen molar-refractivity contribution < 1.29 is 9.90 Å². The molecule has 0 bridgehead atoms. The van der Waals surface area contributed by atoms with E-state index in [1.165, 1.54) is 16.2 Å². The van der Waals surface area contributed by atoms with E-state index < -0.39 is 0 Å². The van der Waals surface area contributed by atoms with Gasteiger partial charge in [-0.1, -0.05) is 12.1 Å². The minimum atomic E-state index is -0.0642. The van der Waals surface area contributed by atoms with Gasteiger partial charge in [0, 0.05) is 13.6 Å². The smallest absolute Gasteiger partial charge is 0.242 e. The Morgan fingerprint density at radius 3 is 2.87 bits per heavy atom. The number of imidazole rings is 1. The standard InChI is InChI=1S/C16H18N4O2S/c1-11-15(23-10-17-11)16-18-12-5-3-4-6-13(12)20(16)9-14(22)19(2)7-8-21/h3-6,10,21H,7-9H2,1-2H3. The van der Waals surface area contributed by atoms with E-state index in [-0.39, 0.29) is 19.1 Å². The number of rotatable bonds is 5. The van der Waals surface area contributed by atoms with Crippen LogP contribution < -0.4 is 0 Å². The maximum Gasteiger partial charge on any atom is 0.242 e. The fourth-order valence-electron chi connectivity index (χ4n) is 2.46. The van der Waals surface area contributed by atoms with Gasteiger partial charge in [0.15, 0.2) is 5.82 Å². The summed E-state index contributed by atoms with van der Waals surface area (Å²) in [4.78, 5) is 23.9. The van der Waals surface area contributed by atoms with Crippen molar-refractivity contribution in [2.75, 3.05) is 20.2 Å². The molecular formula is C16H18N4O2S. The number of amides is 1. The Balaban J connectivity index is 2.07. The van der Waals surface area contributed by atoms with Crippen molar-refractivity contribution in [2.45, 2.75) is 13.5 Å². The summed E-state index contributed by atoms with van der Waals surface area (Å²) in [6.07, 6.45) is 0. The van der Waals surface area contributed by atoms with Gasteiger partial charge in [-0.05, 0) is 19.1 Å². The monoisotopic (exact) mass is 330 g/mol. The van der Waals surface area contributed by atoms with Crippen LogP contribution in [0.3, 0.4) is 0 Å². The number of fused-ring (bicyclic) bond motifs is 1. The van der Waals surface area contributed by atoms with Crippen LogP contribution in [0.2, 0.25) is 0 Å². The van der Waals surface area contributed by atoms with Crippen molar-refractivity contribution >= 4 is 28.3 Å². The van der Waals surface area contributed by atoms with E-state index in [9.17, 15) is 4.79 Å². The lowest BCUT2D eigenvalue weighted by molar-refractivity contribution is -0.130. The highest BCUT2D eigenvalue weighted by molar-refractivity contribution is 7.13. The van der Waals surface area contributed by atoms with Crippen LogP contribution in [0.1, 0.15) is 5.69 Å². The molecule has 0 radical (unpaired) electrons. The molecule has 0 aliphatic carbocycles. The normalized spacial score (nSPS) is 11.1. The lowest BCUT2D eigenvalue weighted by Crippen LogP contribution is -2.32. The van der Waals surface area contributed by atoms with Crippen LogP contribution in [0.4, 0.5) is 0 Å². The van der Waals surface area contributed by atoms with Crippen LogP contribution in [0, 0.1) is 6.92 Å². The number of aryl methyl sites for hydroxylation is 1. The highest BCUT2D eigenvalue weighted by Gasteiger charge is 2.19. The first kappa shape index (κ1) is 15.6. The van der Waals surface area contributed by atoms with E-state index in [2.05, 4.69) is 9.97 Å². The third-order valence-corrected chi connectivity index (χ3v) is 4.68. The predicted molar refractivity (Wildman–Crippen MR) is 90.3 cm³/mol. The number of aliphatic hydroxyl groups is 1. The molecule has 0 unspecified atom stereocenters. The number of likely N-dealkylation sites (N-methyl/N-ethyl adjacent to an activating group) is 1. The molecule has 0 atom stereocenters. The Bertz CT molecular complexity index is 840. The number of carbonyl (C=O) groups excluding carboxylic acids is 1. The molecule has 2 heterocycles. The molecule has 1 aromatic carbocycles. The SMILES string of the molecule is Cc1ncsc1-c1nc2ccccc2n1CC(=O)N(C)CCO. The molecule has 120 valence electrons. The second-order valence-electron chi connectivity index (χ2n) is 5.32. The minimum absolute atomic E-state index is 0.0479. The zero-order valence-corrected chi connectivity index (χ0v) is 13.9. The van der Waals surface area contributed by atoms with Crippen LogP contribution in [0.25, 0.3) is 21.7 Å². The fourth-order valence-corrected chi connectivity index (χ4v) is 3.26.